The van der Waals surface area contributed by atoms with Gasteiger partial charge in [0.25, 0.3) is 0 Å². The Kier molecular flexibility index (Phi) is 6.72. The van der Waals surface area contributed by atoms with Gasteiger partial charge in [0.1, 0.15) is 16.4 Å². The number of benzene rings is 2. The molecule has 166 valence electrons. The summed E-state index contributed by atoms with van der Waals surface area (Å²) in [6.07, 6.45) is -0.156. The zero-order valence-corrected chi connectivity index (χ0v) is 18.6. The lowest BCUT2D eigenvalue weighted by Gasteiger charge is -2.40. The van der Waals surface area contributed by atoms with Gasteiger partial charge in [-0.3, -0.25) is 0 Å². The molecular weight excluding hydrogens is 470 g/mol. The van der Waals surface area contributed by atoms with E-state index in [2.05, 4.69) is 4.72 Å². The molecule has 0 radical (unpaired) electrons. The molecule has 0 atom stereocenters. The Morgan fingerprint density at radius 1 is 1.06 bits per heavy atom. The van der Waals surface area contributed by atoms with Gasteiger partial charge in [-0.2, -0.15) is 5.26 Å². The summed E-state index contributed by atoms with van der Waals surface area (Å²) in [6.45, 7) is 0. The van der Waals surface area contributed by atoms with Crippen LogP contribution in [0.5, 0.6) is 0 Å². The van der Waals surface area contributed by atoms with E-state index in [1.54, 1.807) is 6.07 Å². The summed E-state index contributed by atoms with van der Waals surface area (Å²) in [4.78, 5) is -0.0935. The van der Waals surface area contributed by atoms with E-state index in [4.69, 9.17) is 16.9 Å². The number of nitrogens with zero attached hydrogens (tertiary/aromatic N) is 1. The normalized spacial score (nSPS) is 22.1. The molecule has 0 amide bonds. The van der Waals surface area contributed by atoms with Crippen LogP contribution in [-0.4, -0.2) is 28.6 Å². The molecule has 0 saturated heterocycles. The minimum atomic E-state index is -4.20. The van der Waals surface area contributed by atoms with Gasteiger partial charge in [-0.25, -0.2) is 30.3 Å². The first-order chi connectivity index (χ1) is 14.5. The molecule has 1 aliphatic rings. The van der Waals surface area contributed by atoms with Gasteiger partial charge in [-0.15, -0.1) is 0 Å². The van der Waals surface area contributed by atoms with Crippen molar-refractivity contribution in [1.29, 1.82) is 5.26 Å². The van der Waals surface area contributed by atoms with Crippen LogP contribution in [0.2, 0.25) is 5.02 Å². The first-order valence-corrected chi connectivity index (χ1v) is 12.8. The maximum atomic E-state index is 14.8. The van der Waals surface area contributed by atoms with E-state index < -0.39 is 48.0 Å². The fraction of sp³-hybridized carbons (Fsp3) is 0.350. The van der Waals surface area contributed by atoms with Crippen molar-refractivity contribution in [1.82, 2.24) is 4.72 Å². The van der Waals surface area contributed by atoms with Gasteiger partial charge in [0.15, 0.2) is 15.6 Å². The Balaban J connectivity index is 2.05. The standard InChI is InChI=1S/C20H19ClF2N2O4S2/c21-14-1-4-17(5-2-14)31(28,29)20(18-13-15(22)3-6-19(18)23)9-7-16(8-10-20)25-30(26,27)12-11-24/h1-6,13,16,25H,7-10,12H2. The van der Waals surface area contributed by atoms with Crippen molar-refractivity contribution in [3.63, 3.8) is 0 Å². The smallest absolute Gasteiger partial charge is 0.223 e. The van der Waals surface area contributed by atoms with Gasteiger partial charge >= 0.3 is 0 Å². The van der Waals surface area contributed by atoms with Crippen molar-refractivity contribution < 1.29 is 25.6 Å². The number of nitrogens with one attached hydrogen (secondary N) is 1. The Hall–Kier alpha value is -2.06. The van der Waals surface area contributed by atoms with Crippen molar-refractivity contribution in [2.24, 2.45) is 0 Å². The third kappa shape index (κ3) is 4.75. The molecule has 0 heterocycles. The molecule has 1 saturated carbocycles. The topological polar surface area (TPSA) is 104 Å². The number of hydrogen-bond donors (Lipinski definition) is 1. The summed E-state index contributed by atoms with van der Waals surface area (Å²) in [6, 6.07) is 8.99. The van der Waals surface area contributed by atoms with Gasteiger partial charge in [-0.05, 0) is 68.1 Å². The third-order valence-corrected chi connectivity index (χ3v) is 9.45. The second-order valence-electron chi connectivity index (χ2n) is 7.39. The lowest BCUT2D eigenvalue weighted by Crippen LogP contribution is -2.46. The number of halogens is 3. The van der Waals surface area contributed by atoms with Crippen molar-refractivity contribution in [3.05, 3.63) is 64.7 Å². The van der Waals surface area contributed by atoms with Crippen molar-refractivity contribution in [2.75, 3.05) is 5.75 Å². The fourth-order valence-corrected chi connectivity index (χ4v) is 7.24. The summed E-state index contributed by atoms with van der Waals surface area (Å²) in [5.41, 5.74) is -0.291. The molecule has 1 aliphatic carbocycles. The van der Waals surface area contributed by atoms with Crippen LogP contribution in [0.1, 0.15) is 31.2 Å². The Morgan fingerprint density at radius 3 is 2.26 bits per heavy atom. The number of rotatable bonds is 6. The zero-order chi connectivity index (χ0) is 22.9. The van der Waals surface area contributed by atoms with Crippen LogP contribution in [0.4, 0.5) is 8.78 Å². The number of hydrogen-bond acceptors (Lipinski definition) is 5. The van der Waals surface area contributed by atoms with E-state index in [0.717, 1.165) is 18.2 Å². The largest absolute Gasteiger partial charge is 0.225 e. The summed E-state index contributed by atoms with van der Waals surface area (Å²) >= 11 is 5.86. The summed E-state index contributed by atoms with van der Waals surface area (Å²) in [5.74, 6) is -2.36. The highest BCUT2D eigenvalue weighted by molar-refractivity contribution is 7.92. The molecule has 1 fully saturated rings. The van der Waals surface area contributed by atoms with E-state index in [1.807, 2.05) is 0 Å². The maximum absolute atomic E-state index is 14.8. The van der Waals surface area contributed by atoms with E-state index in [-0.39, 0.29) is 36.1 Å². The molecule has 0 unspecified atom stereocenters. The average molecular weight is 489 g/mol. The minimum Gasteiger partial charge on any atom is -0.223 e. The zero-order valence-electron chi connectivity index (χ0n) is 16.2. The highest BCUT2D eigenvalue weighted by atomic mass is 35.5. The minimum absolute atomic E-state index is 0.0629. The molecule has 0 aromatic heterocycles. The third-order valence-electron chi connectivity index (χ3n) is 5.45. The fourth-order valence-electron chi connectivity index (χ4n) is 3.95. The molecule has 1 N–H and O–H groups in total. The molecule has 0 spiro atoms. The van der Waals surface area contributed by atoms with Crippen molar-refractivity contribution in [3.8, 4) is 6.07 Å². The van der Waals surface area contributed by atoms with Crippen molar-refractivity contribution in [2.45, 2.75) is 41.4 Å². The molecule has 0 aliphatic heterocycles. The summed E-state index contributed by atoms with van der Waals surface area (Å²) in [7, 11) is -8.05. The average Bonchev–Trinajstić information content (AvgIpc) is 2.70. The lowest BCUT2D eigenvalue weighted by atomic mass is 9.80. The molecule has 3 rings (SSSR count). The van der Waals surface area contributed by atoms with Crippen LogP contribution in [0.15, 0.2) is 47.4 Å². The summed E-state index contributed by atoms with van der Waals surface area (Å²) in [5, 5.41) is 8.96. The quantitative estimate of drug-likeness (QED) is 0.668. The molecule has 2 aromatic rings. The Morgan fingerprint density at radius 2 is 1.68 bits per heavy atom. The van der Waals surface area contributed by atoms with Gasteiger partial charge in [0.05, 0.1) is 11.0 Å². The van der Waals surface area contributed by atoms with Crippen LogP contribution < -0.4 is 4.72 Å². The summed E-state index contributed by atoms with van der Waals surface area (Å²) < 4.78 is 80.5. The van der Waals surface area contributed by atoms with Crippen LogP contribution >= 0.6 is 11.6 Å². The van der Waals surface area contributed by atoms with Crippen LogP contribution in [0.25, 0.3) is 0 Å². The van der Waals surface area contributed by atoms with Crippen LogP contribution in [0, 0.1) is 23.0 Å². The molecule has 11 heteroatoms. The van der Waals surface area contributed by atoms with E-state index >= 15 is 0 Å². The lowest BCUT2D eigenvalue weighted by molar-refractivity contribution is 0.324. The predicted octanol–water partition coefficient (Wildman–Crippen LogP) is 3.67. The monoisotopic (exact) mass is 488 g/mol. The Labute approximate surface area is 184 Å². The number of nitriles is 1. The van der Waals surface area contributed by atoms with E-state index in [9.17, 15) is 25.6 Å². The van der Waals surface area contributed by atoms with Crippen LogP contribution in [-0.2, 0) is 24.6 Å². The number of sulfone groups is 1. The van der Waals surface area contributed by atoms with Gasteiger partial charge < -0.3 is 0 Å². The highest BCUT2D eigenvalue weighted by Crippen LogP contribution is 2.48. The maximum Gasteiger partial charge on any atom is 0.225 e. The Bertz CT molecular complexity index is 1220. The second-order valence-corrected chi connectivity index (χ2v) is 11.8. The molecule has 31 heavy (non-hydrogen) atoms. The SMILES string of the molecule is N#CCS(=O)(=O)NC1CCC(c2cc(F)ccc2F)(S(=O)(=O)c2ccc(Cl)cc2)CC1. The molecular formula is C20H19ClF2N2O4S2. The van der Waals surface area contributed by atoms with Crippen LogP contribution in [0.3, 0.4) is 0 Å². The van der Waals surface area contributed by atoms with Gasteiger partial charge in [0.2, 0.25) is 10.0 Å². The first kappa shape index (κ1) is 23.6. The molecule has 0 bridgehead atoms. The molecule has 2 aromatic carbocycles. The van der Waals surface area contributed by atoms with E-state index in [1.165, 1.54) is 24.3 Å². The van der Waals surface area contributed by atoms with Gasteiger partial charge in [0, 0.05) is 16.6 Å². The second kappa shape index (κ2) is 8.82. The van der Waals surface area contributed by atoms with E-state index in [0.29, 0.717) is 5.02 Å². The molecule has 6 nitrogen and oxygen atoms in total. The predicted molar refractivity (Wildman–Crippen MR) is 111 cm³/mol. The van der Waals surface area contributed by atoms with Crippen molar-refractivity contribution >= 4 is 31.5 Å². The highest BCUT2D eigenvalue weighted by Gasteiger charge is 2.50. The number of sulfonamides is 1. The first-order valence-electron chi connectivity index (χ1n) is 9.33. The van der Waals surface area contributed by atoms with Gasteiger partial charge in [-0.1, -0.05) is 11.6 Å².